The average molecular weight is 614 g/mol. The Bertz CT molecular complexity index is 1600. The molecule has 1 saturated carbocycles. The molecule has 228 valence electrons. The highest BCUT2D eigenvalue weighted by Gasteiger charge is 2.37. The van der Waals surface area contributed by atoms with Gasteiger partial charge in [-0.2, -0.15) is 4.37 Å². The number of carbonyl (C=O) groups is 3. The second kappa shape index (κ2) is 14.3. The maximum absolute atomic E-state index is 14.5. The van der Waals surface area contributed by atoms with Gasteiger partial charge >= 0.3 is 0 Å². The summed E-state index contributed by atoms with van der Waals surface area (Å²) in [7, 11) is 0. The number of carbonyl (C=O) groups excluding carboxylic acids is 3. The van der Waals surface area contributed by atoms with Gasteiger partial charge in [0.15, 0.2) is 5.69 Å². The number of nitrogens with one attached hydrogen (secondary N) is 2. The summed E-state index contributed by atoms with van der Waals surface area (Å²) in [6, 6.07) is 21.3. The van der Waals surface area contributed by atoms with Crippen LogP contribution < -0.4 is 21.3 Å². The minimum Gasteiger partial charge on any atom is -0.395 e. The SMILES string of the molecule is Cc1ccccc1N(C(=O)c1snc(C(=O)NC2CCCCC2)c1N)[C@H](C(=O)NCCc1ccccc1)c1ccc(F)cc1. The molecule has 0 radical (unpaired) electrons. The van der Waals surface area contributed by atoms with Crippen LogP contribution >= 0.6 is 11.5 Å². The first kappa shape index (κ1) is 30.9. The second-order valence-electron chi connectivity index (χ2n) is 11.0. The molecule has 0 spiro atoms. The third kappa shape index (κ3) is 7.14. The van der Waals surface area contributed by atoms with Crippen LogP contribution in [-0.4, -0.2) is 34.7 Å². The van der Waals surface area contributed by atoms with E-state index in [1.54, 1.807) is 12.1 Å². The Hall–Kier alpha value is -4.57. The number of aryl methyl sites for hydroxylation is 1. The Balaban J connectivity index is 1.50. The van der Waals surface area contributed by atoms with Gasteiger partial charge in [-0.15, -0.1) is 0 Å². The lowest BCUT2D eigenvalue weighted by atomic mass is 9.95. The number of hydrogen-bond donors (Lipinski definition) is 3. The molecule has 3 aromatic carbocycles. The fourth-order valence-electron chi connectivity index (χ4n) is 5.56. The first-order valence-electron chi connectivity index (χ1n) is 14.9. The van der Waals surface area contributed by atoms with Crippen LogP contribution in [-0.2, 0) is 11.2 Å². The molecule has 44 heavy (non-hydrogen) atoms. The van der Waals surface area contributed by atoms with Crippen LogP contribution in [0.5, 0.6) is 0 Å². The van der Waals surface area contributed by atoms with Gasteiger partial charge in [0.1, 0.15) is 16.7 Å². The number of nitrogens with two attached hydrogens (primary N) is 1. The molecule has 4 N–H and O–H groups in total. The van der Waals surface area contributed by atoms with Crippen molar-refractivity contribution in [3.8, 4) is 0 Å². The lowest BCUT2D eigenvalue weighted by Gasteiger charge is -2.32. The third-order valence-corrected chi connectivity index (χ3v) is 8.77. The standard InChI is InChI=1S/C34H36FN5O3S/c1-22-10-8-9-15-27(22)40(34(43)31-28(36)29(39-44-31)32(41)38-26-13-6-3-7-14-26)30(24-16-18-25(35)19-17-24)33(42)37-21-20-23-11-4-2-5-12-23/h2,4-5,8-12,15-19,26,30H,3,6-7,13-14,20-21,36H2,1H3,(H,37,42)(H,38,41)/t30-/m0/s1. The summed E-state index contributed by atoms with van der Waals surface area (Å²) in [5, 5.41) is 5.98. The summed E-state index contributed by atoms with van der Waals surface area (Å²) >= 11 is 0.827. The minimum atomic E-state index is -1.17. The number of para-hydroxylation sites is 1. The zero-order valence-electron chi connectivity index (χ0n) is 24.6. The third-order valence-electron chi connectivity index (χ3n) is 7.92. The predicted molar refractivity (Wildman–Crippen MR) is 171 cm³/mol. The van der Waals surface area contributed by atoms with Crippen LogP contribution in [0.15, 0.2) is 78.9 Å². The molecule has 1 aliphatic carbocycles. The Labute approximate surface area is 260 Å². The smallest absolute Gasteiger partial charge is 0.273 e. The Morgan fingerprint density at radius 2 is 1.66 bits per heavy atom. The molecule has 0 bridgehead atoms. The fourth-order valence-corrected chi connectivity index (χ4v) is 6.29. The molecule has 0 unspecified atom stereocenters. The van der Waals surface area contributed by atoms with Crippen LogP contribution in [0.3, 0.4) is 0 Å². The topological polar surface area (TPSA) is 117 Å². The van der Waals surface area contributed by atoms with Gasteiger partial charge in [-0.05, 0) is 72.6 Å². The summed E-state index contributed by atoms with van der Waals surface area (Å²) in [6.45, 7) is 2.16. The molecule has 3 amide bonds. The molecule has 1 aromatic heterocycles. The van der Waals surface area contributed by atoms with Crippen molar-refractivity contribution < 1.29 is 18.8 Å². The lowest BCUT2D eigenvalue weighted by Crippen LogP contribution is -2.44. The highest BCUT2D eigenvalue weighted by atomic mass is 32.1. The van der Waals surface area contributed by atoms with E-state index >= 15 is 0 Å². The molecule has 8 nitrogen and oxygen atoms in total. The molecule has 1 aliphatic rings. The van der Waals surface area contributed by atoms with E-state index in [1.165, 1.54) is 29.2 Å². The van der Waals surface area contributed by atoms with E-state index in [4.69, 9.17) is 5.73 Å². The maximum atomic E-state index is 14.5. The van der Waals surface area contributed by atoms with Crippen molar-refractivity contribution in [2.75, 3.05) is 17.2 Å². The highest BCUT2D eigenvalue weighted by Crippen LogP contribution is 2.35. The summed E-state index contributed by atoms with van der Waals surface area (Å²) in [4.78, 5) is 43.0. The molecule has 1 atom stereocenters. The fraction of sp³-hybridized carbons (Fsp3) is 0.294. The van der Waals surface area contributed by atoms with Crippen LogP contribution in [0, 0.1) is 12.7 Å². The summed E-state index contributed by atoms with van der Waals surface area (Å²) < 4.78 is 18.3. The number of aromatic nitrogens is 1. The van der Waals surface area contributed by atoms with Crippen molar-refractivity contribution in [2.24, 2.45) is 0 Å². The molecule has 1 heterocycles. The Morgan fingerprint density at radius 1 is 0.977 bits per heavy atom. The van der Waals surface area contributed by atoms with E-state index in [1.807, 2.05) is 49.4 Å². The van der Waals surface area contributed by atoms with Gasteiger partial charge in [0.2, 0.25) is 5.91 Å². The summed E-state index contributed by atoms with van der Waals surface area (Å²) in [5.74, 6) is -1.91. The van der Waals surface area contributed by atoms with Crippen molar-refractivity contribution in [3.63, 3.8) is 0 Å². The molecular weight excluding hydrogens is 577 g/mol. The van der Waals surface area contributed by atoms with E-state index in [0.717, 1.165) is 54.8 Å². The zero-order chi connectivity index (χ0) is 31.1. The zero-order valence-corrected chi connectivity index (χ0v) is 25.4. The van der Waals surface area contributed by atoms with Crippen LogP contribution in [0.25, 0.3) is 0 Å². The Kier molecular flexibility index (Phi) is 10.0. The predicted octanol–water partition coefficient (Wildman–Crippen LogP) is 5.98. The van der Waals surface area contributed by atoms with Crippen molar-refractivity contribution in [1.82, 2.24) is 15.0 Å². The van der Waals surface area contributed by atoms with Crippen molar-refractivity contribution in [2.45, 2.75) is 57.5 Å². The molecule has 5 rings (SSSR count). The summed E-state index contributed by atoms with van der Waals surface area (Å²) in [6.07, 6.45) is 5.61. The van der Waals surface area contributed by atoms with E-state index in [0.29, 0.717) is 24.2 Å². The molecule has 0 aliphatic heterocycles. The number of anilines is 2. The lowest BCUT2D eigenvalue weighted by molar-refractivity contribution is -0.122. The number of rotatable bonds is 10. The van der Waals surface area contributed by atoms with Crippen LogP contribution in [0.2, 0.25) is 0 Å². The molecule has 4 aromatic rings. The monoisotopic (exact) mass is 613 g/mol. The number of benzene rings is 3. The maximum Gasteiger partial charge on any atom is 0.273 e. The van der Waals surface area contributed by atoms with Gasteiger partial charge in [0.05, 0.1) is 5.69 Å². The van der Waals surface area contributed by atoms with Gasteiger partial charge in [-0.1, -0.05) is 79.9 Å². The van der Waals surface area contributed by atoms with Gasteiger partial charge in [-0.25, -0.2) is 4.39 Å². The number of nitrogens with zero attached hydrogens (tertiary/aromatic N) is 2. The number of nitrogen functional groups attached to an aromatic ring is 1. The first-order valence-corrected chi connectivity index (χ1v) is 15.6. The van der Waals surface area contributed by atoms with Crippen molar-refractivity contribution in [3.05, 3.63) is 112 Å². The van der Waals surface area contributed by atoms with Crippen LogP contribution in [0.1, 0.15) is 75.0 Å². The normalized spacial score (nSPS) is 14.0. The van der Waals surface area contributed by atoms with Crippen molar-refractivity contribution >= 4 is 40.6 Å². The van der Waals surface area contributed by atoms with E-state index in [9.17, 15) is 18.8 Å². The van der Waals surface area contributed by atoms with Crippen LogP contribution in [0.4, 0.5) is 15.8 Å². The minimum absolute atomic E-state index is 0.000646. The van der Waals surface area contributed by atoms with Gasteiger partial charge < -0.3 is 16.4 Å². The number of amides is 3. The van der Waals surface area contributed by atoms with Gasteiger partial charge in [0, 0.05) is 18.3 Å². The number of halogens is 1. The van der Waals surface area contributed by atoms with E-state index in [-0.39, 0.29) is 22.3 Å². The quantitative estimate of drug-likeness (QED) is 0.203. The Morgan fingerprint density at radius 3 is 2.36 bits per heavy atom. The average Bonchev–Trinajstić information content (AvgIpc) is 3.43. The van der Waals surface area contributed by atoms with Gasteiger partial charge in [-0.3, -0.25) is 19.3 Å². The van der Waals surface area contributed by atoms with Crippen molar-refractivity contribution in [1.29, 1.82) is 0 Å². The molecule has 0 saturated heterocycles. The van der Waals surface area contributed by atoms with E-state index < -0.39 is 29.6 Å². The molecule has 10 heteroatoms. The number of hydrogen-bond acceptors (Lipinski definition) is 6. The first-order chi connectivity index (χ1) is 21.3. The molecular formula is C34H36FN5O3S. The second-order valence-corrected chi connectivity index (χ2v) is 11.8. The summed E-state index contributed by atoms with van der Waals surface area (Å²) in [5.41, 5.74) is 9.08. The largest absolute Gasteiger partial charge is 0.395 e. The molecule has 1 fully saturated rings. The van der Waals surface area contributed by atoms with E-state index in [2.05, 4.69) is 15.0 Å². The highest BCUT2D eigenvalue weighted by molar-refractivity contribution is 7.09. The van der Waals surface area contributed by atoms with Gasteiger partial charge in [0.25, 0.3) is 11.8 Å².